The van der Waals surface area contributed by atoms with Gasteiger partial charge < -0.3 is 15.1 Å². The highest BCUT2D eigenvalue weighted by Crippen LogP contribution is 2.07. The summed E-state index contributed by atoms with van der Waals surface area (Å²) in [5.41, 5.74) is 0.941. The van der Waals surface area contributed by atoms with Gasteiger partial charge in [-0.15, -0.1) is 0 Å². The van der Waals surface area contributed by atoms with Crippen molar-refractivity contribution >= 4 is 11.8 Å². The van der Waals surface area contributed by atoms with Crippen LogP contribution in [-0.4, -0.2) is 18.4 Å². The SMILES string of the molecule is CCCCNC(=O)c1cccc(C(=O)NCc2ccco2)c1. The van der Waals surface area contributed by atoms with Gasteiger partial charge in [-0.25, -0.2) is 0 Å². The highest BCUT2D eigenvalue weighted by atomic mass is 16.3. The second-order valence-electron chi connectivity index (χ2n) is 4.95. The maximum atomic E-state index is 12.1. The molecule has 22 heavy (non-hydrogen) atoms. The zero-order valence-electron chi connectivity index (χ0n) is 12.6. The fraction of sp³-hybridized carbons (Fsp3) is 0.294. The average Bonchev–Trinajstić information content (AvgIpc) is 3.06. The van der Waals surface area contributed by atoms with E-state index in [9.17, 15) is 9.59 Å². The minimum Gasteiger partial charge on any atom is -0.467 e. The van der Waals surface area contributed by atoms with Crippen molar-refractivity contribution in [2.45, 2.75) is 26.3 Å². The van der Waals surface area contributed by atoms with Gasteiger partial charge in [-0.05, 0) is 36.8 Å². The molecular weight excluding hydrogens is 280 g/mol. The van der Waals surface area contributed by atoms with Gasteiger partial charge in [-0.3, -0.25) is 9.59 Å². The predicted molar refractivity (Wildman–Crippen MR) is 83.6 cm³/mol. The maximum Gasteiger partial charge on any atom is 0.251 e. The van der Waals surface area contributed by atoms with Gasteiger partial charge in [0, 0.05) is 17.7 Å². The minimum atomic E-state index is -0.236. The Bertz CT molecular complexity index is 621. The number of nitrogens with one attached hydrogen (secondary N) is 2. The molecule has 0 aliphatic carbocycles. The summed E-state index contributed by atoms with van der Waals surface area (Å²) in [6.07, 6.45) is 3.52. The van der Waals surface area contributed by atoms with Gasteiger partial charge in [-0.2, -0.15) is 0 Å². The molecule has 1 aromatic heterocycles. The normalized spacial score (nSPS) is 10.2. The van der Waals surface area contributed by atoms with Crippen molar-refractivity contribution in [1.82, 2.24) is 10.6 Å². The zero-order valence-corrected chi connectivity index (χ0v) is 12.6. The standard InChI is InChI=1S/C17H20N2O3/c1-2-3-9-18-16(20)13-6-4-7-14(11-13)17(21)19-12-15-8-5-10-22-15/h4-8,10-11H,2-3,9,12H2,1H3,(H,18,20)(H,19,21). The van der Waals surface area contributed by atoms with E-state index in [-0.39, 0.29) is 11.8 Å². The average molecular weight is 300 g/mol. The minimum absolute atomic E-state index is 0.158. The summed E-state index contributed by atoms with van der Waals surface area (Å²) < 4.78 is 5.16. The molecule has 0 saturated carbocycles. The first kappa shape index (κ1) is 15.8. The van der Waals surface area contributed by atoms with Crippen LogP contribution in [-0.2, 0) is 6.54 Å². The van der Waals surface area contributed by atoms with Gasteiger partial charge in [0.2, 0.25) is 0 Å². The Kier molecular flexibility index (Phi) is 5.77. The lowest BCUT2D eigenvalue weighted by atomic mass is 10.1. The molecule has 5 nitrogen and oxygen atoms in total. The molecule has 0 unspecified atom stereocenters. The monoisotopic (exact) mass is 300 g/mol. The molecule has 0 aliphatic rings. The first-order chi connectivity index (χ1) is 10.7. The topological polar surface area (TPSA) is 71.3 Å². The highest BCUT2D eigenvalue weighted by molar-refractivity contribution is 5.99. The first-order valence-electron chi connectivity index (χ1n) is 7.39. The van der Waals surface area contributed by atoms with Crippen LogP contribution in [0.15, 0.2) is 47.1 Å². The molecule has 1 heterocycles. The molecule has 0 aliphatic heterocycles. The number of benzene rings is 1. The molecule has 0 spiro atoms. The summed E-state index contributed by atoms with van der Waals surface area (Å²) in [7, 11) is 0. The van der Waals surface area contributed by atoms with Gasteiger partial charge in [0.1, 0.15) is 5.76 Å². The van der Waals surface area contributed by atoms with Gasteiger partial charge in [0.05, 0.1) is 12.8 Å². The summed E-state index contributed by atoms with van der Waals surface area (Å²) in [5.74, 6) is 0.288. The van der Waals surface area contributed by atoms with Crippen LogP contribution in [0.25, 0.3) is 0 Å². The molecular formula is C17H20N2O3. The zero-order chi connectivity index (χ0) is 15.8. The lowest BCUT2D eigenvalue weighted by Crippen LogP contribution is -2.26. The fourth-order valence-electron chi connectivity index (χ4n) is 1.97. The number of hydrogen-bond acceptors (Lipinski definition) is 3. The van der Waals surface area contributed by atoms with Crippen molar-refractivity contribution < 1.29 is 14.0 Å². The van der Waals surface area contributed by atoms with Gasteiger partial charge >= 0.3 is 0 Å². The summed E-state index contributed by atoms with van der Waals surface area (Å²) in [6.45, 7) is 3.03. The Morgan fingerprint density at radius 3 is 2.41 bits per heavy atom. The second-order valence-corrected chi connectivity index (χ2v) is 4.95. The summed E-state index contributed by atoms with van der Waals surface area (Å²) in [5, 5.41) is 5.59. The van der Waals surface area contributed by atoms with E-state index < -0.39 is 0 Å². The molecule has 0 fully saturated rings. The number of carbonyl (C=O) groups is 2. The van der Waals surface area contributed by atoms with Crippen LogP contribution in [0.5, 0.6) is 0 Å². The third-order valence-corrected chi connectivity index (χ3v) is 3.21. The third-order valence-electron chi connectivity index (χ3n) is 3.21. The third kappa shape index (κ3) is 4.48. The van der Waals surface area contributed by atoms with Crippen LogP contribution in [0.3, 0.4) is 0 Å². The van der Waals surface area contributed by atoms with E-state index in [2.05, 4.69) is 17.6 Å². The highest BCUT2D eigenvalue weighted by Gasteiger charge is 2.10. The van der Waals surface area contributed by atoms with E-state index in [0.717, 1.165) is 12.8 Å². The fourth-order valence-corrected chi connectivity index (χ4v) is 1.97. The van der Waals surface area contributed by atoms with Gasteiger partial charge in [0.25, 0.3) is 11.8 Å². The van der Waals surface area contributed by atoms with Crippen LogP contribution < -0.4 is 10.6 Å². The van der Waals surface area contributed by atoms with Crippen molar-refractivity contribution in [2.75, 3.05) is 6.54 Å². The van der Waals surface area contributed by atoms with E-state index in [1.54, 1.807) is 42.7 Å². The van der Waals surface area contributed by atoms with Crippen LogP contribution >= 0.6 is 0 Å². The largest absolute Gasteiger partial charge is 0.467 e. The second kappa shape index (κ2) is 8.02. The van der Waals surface area contributed by atoms with E-state index in [4.69, 9.17) is 4.42 Å². The Balaban J connectivity index is 1.95. The van der Waals surface area contributed by atoms with E-state index in [1.807, 2.05) is 0 Å². The molecule has 0 radical (unpaired) electrons. The van der Waals surface area contributed by atoms with Gasteiger partial charge in [-0.1, -0.05) is 19.4 Å². The lowest BCUT2D eigenvalue weighted by Gasteiger charge is -2.07. The summed E-state index contributed by atoms with van der Waals surface area (Å²) in [4.78, 5) is 24.1. The van der Waals surface area contributed by atoms with Crippen molar-refractivity contribution in [3.05, 3.63) is 59.5 Å². The van der Waals surface area contributed by atoms with Crippen LogP contribution in [0.2, 0.25) is 0 Å². The summed E-state index contributed by atoms with van der Waals surface area (Å²) in [6, 6.07) is 10.2. The lowest BCUT2D eigenvalue weighted by molar-refractivity contribution is 0.0948. The number of unbranched alkanes of at least 4 members (excludes halogenated alkanes) is 1. The smallest absolute Gasteiger partial charge is 0.251 e. The number of amides is 2. The van der Waals surface area contributed by atoms with E-state index >= 15 is 0 Å². The molecule has 2 rings (SSSR count). The molecule has 2 N–H and O–H groups in total. The first-order valence-corrected chi connectivity index (χ1v) is 7.39. The maximum absolute atomic E-state index is 12.1. The van der Waals surface area contributed by atoms with Crippen LogP contribution in [0.1, 0.15) is 46.2 Å². The number of hydrogen-bond donors (Lipinski definition) is 2. The van der Waals surface area contributed by atoms with E-state index in [0.29, 0.717) is 30.0 Å². The summed E-state index contributed by atoms with van der Waals surface area (Å²) >= 11 is 0. The van der Waals surface area contributed by atoms with E-state index in [1.165, 1.54) is 0 Å². The molecule has 2 aromatic rings. The molecule has 0 saturated heterocycles. The molecule has 5 heteroatoms. The van der Waals surface area contributed by atoms with Crippen molar-refractivity contribution in [1.29, 1.82) is 0 Å². The van der Waals surface area contributed by atoms with Crippen molar-refractivity contribution in [3.8, 4) is 0 Å². The predicted octanol–water partition coefficient (Wildman–Crippen LogP) is 2.74. The number of rotatable bonds is 7. The molecule has 1 aromatic carbocycles. The molecule has 2 amide bonds. The Labute approximate surface area is 129 Å². The van der Waals surface area contributed by atoms with Gasteiger partial charge in [0.15, 0.2) is 0 Å². The Morgan fingerprint density at radius 1 is 1.05 bits per heavy atom. The van der Waals surface area contributed by atoms with Crippen molar-refractivity contribution in [3.63, 3.8) is 0 Å². The Morgan fingerprint density at radius 2 is 1.77 bits per heavy atom. The number of carbonyl (C=O) groups excluding carboxylic acids is 2. The molecule has 116 valence electrons. The van der Waals surface area contributed by atoms with Crippen LogP contribution in [0, 0.1) is 0 Å². The molecule has 0 bridgehead atoms. The molecule has 0 atom stereocenters. The number of furan rings is 1. The Hall–Kier alpha value is -2.56. The van der Waals surface area contributed by atoms with Crippen LogP contribution in [0.4, 0.5) is 0 Å². The quantitative estimate of drug-likeness (QED) is 0.772. The van der Waals surface area contributed by atoms with Crippen molar-refractivity contribution in [2.24, 2.45) is 0 Å².